The number of para-hydroxylation sites is 1. The molecular weight excluding hydrogens is 304 g/mol. The average Bonchev–Trinajstić information content (AvgIpc) is 2.61. The summed E-state index contributed by atoms with van der Waals surface area (Å²) in [4.78, 5) is 18.6. The second-order valence-corrected chi connectivity index (χ2v) is 6.23. The van der Waals surface area contributed by atoms with E-state index in [1.165, 1.54) is 19.3 Å². The lowest BCUT2D eigenvalue weighted by molar-refractivity contribution is 0.102. The molecule has 2 heterocycles. The number of anilines is 1. The zero-order chi connectivity index (χ0) is 16.8. The topological polar surface area (TPSA) is 77.5 Å². The highest BCUT2D eigenvalue weighted by atomic mass is 16.3. The van der Waals surface area contributed by atoms with Crippen molar-refractivity contribution in [2.24, 2.45) is 0 Å². The van der Waals surface area contributed by atoms with Gasteiger partial charge in [0.1, 0.15) is 0 Å². The maximum atomic E-state index is 12.1. The van der Waals surface area contributed by atoms with Crippen LogP contribution in [0.25, 0.3) is 10.9 Å². The van der Waals surface area contributed by atoms with Gasteiger partial charge in [-0.1, -0.05) is 24.6 Å². The first-order chi connectivity index (χ1) is 11.7. The molecule has 1 unspecified atom stereocenters. The van der Waals surface area contributed by atoms with E-state index in [1.807, 2.05) is 30.3 Å². The number of nitrogens with zero attached hydrogens (tertiary/aromatic N) is 2. The fraction of sp³-hybridized carbons (Fsp3) is 0.444. The van der Waals surface area contributed by atoms with Gasteiger partial charge in [0.05, 0.1) is 17.3 Å². The molecule has 24 heavy (non-hydrogen) atoms. The summed E-state index contributed by atoms with van der Waals surface area (Å²) in [5.41, 5.74) is 1.42. The van der Waals surface area contributed by atoms with Crippen molar-refractivity contribution in [1.29, 1.82) is 0 Å². The number of rotatable bonds is 5. The molecule has 6 heteroatoms. The van der Waals surface area contributed by atoms with Gasteiger partial charge >= 0.3 is 6.03 Å². The molecule has 6 nitrogen and oxygen atoms in total. The van der Waals surface area contributed by atoms with E-state index < -0.39 is 6.10 Å². The summed E-state index contributed by atoms with van der Waals surface area (Å²) in [6.45, 7) is 2.91. The number of benzene rings is 1. The fourth-order valence-corrected chi connectivity index (χ4v) is 3.09. The second-order valence-electron chi connectivity index (χ2n) is 6.23. The van der Waals surface area contributed by atoms with Crippen LogP contribution >= 0.6 is 0 Å². The zero-order valence-corrected chi connectivity index (χ0v) is 13.7. The van der Waals surface area contributed by atoms with Crippen LogP contribution in [0.3, 0.4) is 0 Å². The molecule has 1 fully saturated rings. The van der Waals surface area contributed by atoms with E-state index in [1.54, 1.807) is 6.20 Å². The van der Waals surface area contributed by atoms with Crippen molar-refractivity contribution in [1.82, 2.24) is 15.2 Å². The summed E-state index contributed by atoms with van der Waals surface area (Å²) in [6, 6.07) is 9.14. The number of β-amino-alcohol motifs (C(OH)–C–C–N with tert-alkyl or cyclic N) is 1. The lowest BCUT2D eigenvalue weighted by atomic mass is 10.1. The largest absolute Gasteiger partial charge is 0.390 e. The molecule has 1 aliphatic rings. The Kier molecular flexibility index (Phi) is 5.61. The number of hydrogen-bond donors (Lipinski definition) is 3. The van der Waals surface area contributed by atoms with E-state index in [2.05, 4.69) is 20.5 Å². The van der Waals surface area contributed by atoms with Crippen LogP contribution < -0.4 is 10.6 Å². The fourth-order valence-electron chi connectivity index (χ4n) is 3.09. The predicted molar refractivity (Wildman–Crippen MR) is 95.1 cm³/mol. The highest BCUT2D eigenvalue weighted by Crippen LogP contribution is 2.20. The average molecular weight is 328 g/mol. The first-order valence-corrected chi connectivity index (χ1v) is 8.51. The molecule has 0 aliphatic carbocycles. The summed E-state index contributed by atoms with van der Waals surface area (Å²) < 4.78 is 0. The lowest BCUT2D eigenvalue weighted by Crippen LogP contribution is -2.43. The molecule has 0 radical (unpaired) electrons. The maximum absolute atomic E-state index is 12.1. The number of pyridine rings is 1. The molecule has 1 aliphatic heterocycles. The van der Waals surface area contributed by atoms with E-state index >= 15 is 0 Å². The summed E-state index contributed by atoms with van der Waals surface area (Å²) in [6.07, 6.45) is 4.79. The summed E-state index contributed by atoms with van der Waals surface area (Å²) in [7, 11) is 0. The number of urea groups is 1. The van der Waals surface area contributed by atoms with Crippen molar-refractivity contribution >= 4 is 22.6 Å². The summed E-state index contributed by atoms with van der Waals surface area (Å²) >= 11 is 0. The number of fused-ring (bicyclic) bond motifs is 1. The van der Waals surface area contributed by atoms with Crippen LogP contribution in [0.4, 0.5) is 10.5 Å². The van der Waals surface area contributed by atoms with E-state index in [4.69, 9.17) is 0 Å². The first kappa shape index (κ1) is 16.7. The van der Waals surface area contributed by atoms with Gasteiger partial charge in [0.2, 0.25) is 0 Å². The molecule has 2 aromatic rings. The number of piperidine rings is 1. The van der Waals surface area contributed by atoms with E-state index in [9.17, 15) is 9.90 Å². The maximum Gasteiger partial charge on any atom is 0.319 e. The molecule has 0 spiro atoms. The van der Waals surface area contributed by atoms with E-state index in [0.717, 1.165) is 24.0 Å². The van der Waals surface area contributed by atoms with E-state index in [-0.39, 0.29) is 12.6 Å². The Morgan fingerprint density at radius 1 is 1.21 bits per heavy atom. The number of carbonyl (C=O) groups is 1. The molecule has 128 valence electrons. The number of likely N-dealkylation sites (tertiary alicyclic amines) is 1. The Hall–Kier alpha value is -2.18. The Balaban J connectivity index is 1.50. The van der Waals surface area contributed by atoms with Gasteiger partial charge in [-0.3, -0.25) is 4.98 Å². The van der Waals surface area contributed by atoms with Crippen molar-refractivity contribution < 1.29 is 9.90 Å². The zero-order valence-electron chi connectivity index (χ0n) is 13.7. The van der Waals surface area contributed by atoms with Gasteiger partial charge in [-0.2, -0.15) is 0 Å². The molecular formula is C18H24N4O2. The molecule has 3 N–H and O–H groups in total. The van der Waals surface area contributed by atoms with Crippen molar-refractivity contribution in [3.05, 3.63) is 36.5 Å². The number of amides is 2. The predicted octanol–water partition coefficient (Wildman–Crippen LogP) is 2.20. The van der Waals surface area contributed by atoms with Gasteiger partial charge < -0.3 is 20.6 Å². The third-order valence-electron chi connectivity index (χ3n) is 4.30. The lowest BCUT2D eigenvalue weighted by Gasteiger charge is -2.28. The number of nitrogens with one attached hydrogen (secondary N) is 2. The Morgan fingerprint density at radius 3 is 2.83 bits per heavy atom. The van der Waals surface area contributed by atoms with Crippen LogP contribution in [0.2, 0.25) is 0 Å². The minimum absolute atomic E-state index is 0.237. The van der Waals surface area contributed by atoms with Gasteiger partial charge in [0.15, 0.2) is 0 Å². The van der Waals surface area contributed by atoms with Crippen LogP contribution in [0.15, 0.2) is 36.5 Å². The van der Waals surface area contributed by atoms with Crippen LogP contribution in [0, 0.1) is 0 Å². The standard InChI is InChI=1S/C18H24N4O2/c23-15(13-22-10-2-1-3-11-22)12-20-18(24)21-16-8-4-6-14-7-5-9-19-17(14)16/h4-9,15,23H,1-3,10-13H2,(H2,20,21,24). The molecule has 2 amide bonds. The smallest absolute Gasteiger partial charge is 0.319 e. The number of aliphatic hydroxyl groups excluding tert-OH is 1. The minimum Gasteiger partial charge on any atom is -0.390 e. The quantitative estimate of drug-likeness (QED) is 0.786. The Morgan fingerprint density at radius 2 is 2.00 bits per heavy atom. The highest BCUT2D eigenvalue weighted by Gasteiger charge is 2.15. The van der Waals surface area contributed by atoms with Crippen molar-refractivity contribution in [2.45, 2.75) is 25.4 Å². The van der Waals surface area contributed by atoms with Gasteiger partial charge in [0.25, 0.3) is 0 Å². The molecule has 1 aromatic heterocycles. The van der Waals surface area contributed by atoms with Gasteiger partial charge in [-0.15, -0.1) is 0 Å². The van der Waals surface area contributed by atoms with Crippen molar-refractivity contribution in [3.8, 4) is 0 Å². The van der Waals surface area contributed by atoms with Gasteiger partial charge in [-0.05, 0) is 38.1 Å². The Labute approximate surface area is 141 Å². The summed E-state index contributed by atoms with van der Waals surface area (Å²) in [5, 5.41) is 16.6. The Bertz CT molecular complexity index is 680. The highest BCUT2D eigenvalue weighted by molar-refractivity contribution is 5.99. The summed E-state index contributed by atoms with van der Waals surface area (Å²) in [5.74, 6) is 0. The van der Waals surface area contributed by atoms with Gasteiger partial charge in [0, 0.05) is 24.7 Å². The third-order valence-corrected chi connectivity index (χ3v) is 4.30. The molecule has 1 aromatic carbocycles. The van der Waals surface area contributed by atoms with Crippen LogP contribution in [-0.2, 0) is 0 Å². The van der Waals surface area contributed by atoms with Crippen LogP contribution in [-0.4, -0.2) is 53.3 Å². The third kappa shape index (κ3) is 4.43. The second kappa shape index (κ2) is 8.08. The van der Waals surface area contributed by atoms with Crippen LogP contribution in [0.5, 0.6) is 0 Å². The molecule has 3 rings (SSSR count). The normalized spacial score (nSPS) is 16.7. The molecule has 1 saturated heterocycles. The minimum atomic E-state index is -0.556. The van der Waals surface area contributed by atoms with Crippen LogP contribution in [0.1, 0.15) is 19.3 Å². The number of carbonyl (C=O) groups excluding carboxylic acids is 1. The van der Waals surface area contributed by atoms with Gasteiger partial charge in [-0.25, -0.2) is 4.79 Å². The van der Waals surface area contributed by atoms with Crippen molar-refractivity contribution in [3.63, 3.8) is 0 Å². The number of aromatic nitrogens is 1. The molecule has 0 bridgehead atoms. The number of aliphatic hydroxyl groups is 1. The van der Waals surface area contributed by atoms with Crippen molar-refractivity contribution in [2.75, 3.05) is 31.5 Å². The monoisotopic (exact) mass is 328 g/mol. The molecule has 1 atom stereocenters. The molecule has 0 saturated carbocycles. The SMILES string of the molecule is O=C(NCC(O)CN1CCCCC1)Nc1cccc2cccnc12. The first-order valence-electron chi connectivity index (χ1n) is 8.51. The number of hydrogen-bond acceptors (Lipinski definition) is 4. The van der Waals surface area contributed by atoms with E-state index in [0.29, 0.717) is 12.2 Å².